The smallest absolute Gasteiger partial charge is 0.259 e. The molecule has 0 saturated heterocycles. The number of hydrogen-bond donors (Lipinski definition) is 2. The lowest BCUT2D eigenvalue weighted by Gasteiger charge is -2.12. The lowest BCUT2D eigenvalue weighted by molar-refractivity contribution is 0.102. The van der Waals surface area contributed by atoms with E-state index in [0.29, 0.717) is 28.7 Å². The lowest BCUT2D eigenvalue weighted by Crippen LogP contribution is -2.14. The Morgan fingerprint density at radius 2 is 1.78 bits per heavy atom. The second-order valence-corrected chi connectivity index (χ2v) is 6.49. The highest BCUT2D eigenvalue weighted by Crippen LogP contribution is 2.23. The van der Waals surface area contributed by atoms with Crippen molar-refractivity contribution < 1.29 is 9.53 Å². The predicted octanol–water partition coefficient (Wildman–Crippen LogP) is 5.21. The molecule has 3 aromatic rings. The van der Waals surface area contributed by atoms with Crippen LogP contribution in [0.15, 0.2) is 66.9 Å². The highest BCUT2D eigenvalue weighted by atomic mass is 16.5. The molecule has 0 bridgehead atoms. The lowest BCUT2D eigenvalue weighted by atomic mass is 10.0. The zero-order chi connectivity index (χ0) is 19.2. The molecule has 1 aromatic heterocycles. The highest BCUT2D eigenvalue weighted by molar-refractivity contribution is 6.07. The first-order chi connectivity index (χ1) is 13.1. The third kappa shape index (κ3) is 4.64. The minimum atomic E-state index is -0.238. The van der Waals surface area contributed by atoms with Gasteiger partial charge in [-0.15, -0.1) is 0 Å². The number of anilines is 3. The quantitative estimate of drug-likeness (QED) is 0.633. The molecule has 0 saturated carbocycles. The number of rotatable bonds is 6. The number of carbonyl (C=O) groups is 1. The summed E-state index contributed by atoms with van der Waals surface area (Å²) < 4.78 is 5.20. The fraction of sp³-hybridized carbons (Fsp3) is 0.182. The number of nitrogens with zero attached hydrogens (tertiary/aromatic N) is 1. The van der Waals surface area contributed by atoms with Crippen LogP contribution in [0.1, 0.15) is 35.7 Å². The van der Waals surface area contributed by atoms with Gasteiger partial charge in [0.05, 0.1) is 12.7 Å². The fourth-order valence-electron chi connectivity index (χ4n) is 2.68. The summed E-state index contributed by atoms with van der Waals surface area (Å²) in [4.78, 5) is 17.1. The first kappa shape index (κ1) is 18.5. The molecule has 0 atom stereocenters. The van der Waals surface area contributed by atoms with Crippen LogP contribution in [0.25, 0.3) is 0 Å². The van der Waals surface area contributed by atoms with Crippen LogP contribution in [0.5, 0.6) is 5.75 Å². The van der Waals surface area contributed by atoms with Gasteiger partial charge in [0, 0.05) is 23.6 Å². The maximum atomic E-state index is 12.7. The molecule has 27 heavy (non-hydrogen) atoms. The Labute approximate surface area is 159 Å². The Bertz CT molecular complexity index is 921. The van der Waals surface area contributed by atoms with E-state index in [1.54, 1.807) is 31.5 Å². The number of carbonyl (C=O) groups excluding carboxylic acids is 1. The zero-order valence-electron chi connectivity index (χ0n) is 15.7. The second kappa shape index (κ2) is 8.36. The summed E-state index contributed by atoms with van der Waals surface area (Å²) in [5.74, 6) is 1.42. The molecule has 2 aromatic carbocycles. The molecule has 0 fully saturated rings. The van der Waals surface area contributed by atoms with Gasteiger partial charge in [-0.2, -0.15) is 0 Å². The van der Waals surface area contributed by atoms with Crippen molar-refractivity contribution in [3.05, 3.63) is 78.0 Å². The molecule has 1 amide bonds. The van der Waals surface area contributed by atoms with Gasteiger partial charge in [-0.05, 0) is 47.9 Å². The molecule has 0 spiro atoms. The summed E-state index contributed by atoms with van der Waals surface area (Å²) in [7, 11) is 1.59. The Hall–Kier alpha value is -3.34. The summed E-state index contributed by atoms with van der Waals surface area (Å²) in [6, 6.07) is 18.9. The van der Waals surface area contributed by atoms with Gasteiger partial charge in [0.25, 0.3) is 5.91 Å². The highest BCUT2D eigenvalue weighted by Gasteiger charge is 2.13. The van der Waals surface area contributed by atoms with E-state index in [1.807, 2.05) is 30.3 Å². The van der Waals surface area contributed by atoms with Gasteiger partial charge in [0.1, 0.15) is 11.6 Å². The Morgan fingerprint density at radius 1 is 1.00 bits per heavy atom. The van der Waals surface area contributed by atoms with E-state index in [-0.39, 0.29) is 5.91 Å². The zero-order valence-corrected chi connectivity index (χ0v) is 15.7. The van der Waals surface area contributed by atoms with Crippen LogP contribution in [-0.2, 0) is 0 Å². The van der Waals surface area contributed by atoms with Gasteiger partial charge in [0.2, 0.25) is 0 Å². The Kier molecular flexibility index (Phi) is 5.71. The number of pyridine rings is 1. The largest absolute Gasteiger partial charge is 0.497 e. The van der Waals surface area contributed by atoms with Gasteiger partial charge >= 0.3 is 0 Å². The van der Waals surface area contributed by atoms with Crippen molar-refractivity contribution in [1.29, 1.82) is 0 Å². The third-order valence-electron chi connectivity index (χ3n) is 4.22. The summed E-state index contributed by atoms with van der Waals surface area (Å²) >= 11 is 0. The standard InChI is InChI=1S/C22H23N3O2/c1-15(2)16-9-11-17(12-10-16)24-21-20(8-5-13-23-21)22(26)25-18-6-4-7-19(14-18)27-3/h4-15H,1-3H3,(H,23,24)(H,25,26). The van der Waals surface area contributed by atoms with Crippen molar-refractivity contribution >= 4 is 23.1 Å². The van der Waals surface area contributed by atoms with Gasteiger partial charge in [-0.1, -0.05) is 32.0 Å². The number of hydrogen-bond acceptors (Lipinski definition) is 4. The molecule has 5 nitrogen and oxygen atoms in total. The molecular formula is C22H23N3O2. The molecule has 2 N–H and O–H groups in total. The summed E-state index contributed by atoms with van der Waals surface area (Å²) in [6.07, 6.45) is 1.66. The van der Waals surface area contributed by atoms with Crippen molar-refractivity contribution in [2.45, 2.75) is 19.8 Å². The van der Waals surface area contributed by atoms with Crippen molar-refractivity contribution in [2.24, 2.45) is 0 Å². The number of benzene rings is 2. The Morgan fingerprint density at radius 3 is 2.48 bits per heavy atom. The number of amides is 1. The van der Waals surface area contributed by atoms with Crippen molar-refractivity contribution in [1.82, 2.24) is 4.98 Å². The van der Waals surface area contributed by atoms with Crippen LogP contribution in [-0.4, -0.2) is 18.0 Å². The van der Waals surface area contributed by atoms with Gasteiger partial charge in [0.15, 0.2) is 0 Å². The normalized spacial score (nSPS) is 10.5. The molecular weight excluding hydrogens is 338 g/mol. The second-order valence-electron chi connectivity index (χ2n) is 6.49. The molecule has 138 valence electrons. The fourth-order valence-corrected chi connectivity index (χ4v) is 2.68. The van der Waals surface area contributed by atoms with E-state index in [4.69, 9.17) is 4.74 Å². The van der Waals surface area contributed by atoms with Gasteiger partial charge in [-0.25, -0.2) is 4.98 Å². The molecule has 0 aliphatic rings. The van der Waals surface area contributed by atoms with Crippen molar-refractivity contribution in [3.8, 4) is 5.75 Å². The molecule has 5 heteroatoms. The topological polar surface area (TPSA) is 63.2 Å². The van der Waals surface area contributed by atoms with Crippen LogP contribution < -0.4 is 15.4 Å². The first-order valence-corrected chi connectivity index (χ1v) is 8.84. The average molecular weight is 361 g/mol. The van der Waals surface area contributed by atoms with Crippen LogP contribution in [0.3, 0.4) is 0 Å². The molecule has 0 aliphatic carbocycles. The molecule has 0 aliphatic heterocycles. The van der Waals surface area contributed by atoms with Gasteiger partial charge in [-0.3, -0.25) is 4.79 Å². The van der Waals surface area contributed by atoms with E-state index < -0.39 is 0 Å². The van der Waals surface area contributed by atoms with Crippen molar-refractivity contribution in [3.63, 3.8) is 0 Å². The maximum Gasteiger partial charge on any atom is 0.259 e. The molecule has 3 rings (SSSR count). The summed E-state index contributed by atoms with van der Waals surface area (Å²) in [6.45, 7) is 4.31. The molecule has 0 radical (unpaired) electrons. The van der Waals surface area contributed by atoms with E-state index in [2.05, 4.69) is 41.6 Å². The van der Waals surface area contributed by atoms with Crippen LogP contribution in [0.2, 0.25) is 0 Å². The van der Waals surface area contributed by atoms with E-state index in [9.17, 15) is 4.79 Å². The van der Waals surface area contributed by atoms with Crippen molar-refractivity contribution in [2.75, 3.05) is 17.7 Å². The summed E-state index contributed by atoms with van der Waals surface area (Å²) in [5, 5.41) is 6.12. The SMILES string of the molecule is COc1cccc(NC(=O)c2cccnc2Nc2ccc(C(C)C)cc2)c1. The number of ether oxygens (including phenoxy) is 1. The van der Waals surface area contributed by atoms with Crippen LogP contribution in [0, 0.1) is 0 Å². The number of methoxy groups -OCH3 is 1. The number of nitrogens with one attached hydrogen (secondary N) is 2. The predicted molar refractivity (Wildman–Crippen MR) is 109 cm³/mol. The first-order valence-electron chi connectivity index (χ1n) is 8.84. The minimum Gasteiger partial charge on any atom is -0.497 e. The Balaban J connectivity index is 1.79. The number of aromatic nitrogens is 1. The van der Waals surface area contributed by atoms with Gasteiger partial charge < -0.3 is 15.4 Å². The monoisotopic (exact) mass is 361 g/mol. The third-order valence-corrected chi connectivity index (χ3v) is 4.22. The minimum absolute atomic E-state index is 0.238. The molecule has 0 unspecified atom stereocenters. The van der Waals surface area contributed by atoms with Crippen LogP contribution >= 0.6 is 0 Å². The van der Waals surface area contributed by atoms with E-state index >= 15 is 0 Å². The molecule has 1 heterocycles. The van der Waals surface area contributed by atoms with E-state index in [1.165, 1.54) is 5.56 Å². The average Bonchev–Trinajstić information content (AvgIpc) is 2.69. The van der Waals surface area contributed by atoms with Crippen LogP contribution in [0.4, 0.5) is 17.2 Å². The maximum absolute atomic E-state index is 12.7. The van der Waals surface area contributed by atoms with E-state index in [0.717, 1.165) is 5.69 Å². The summed E-state index contributed by atoms with van der Waals surface area (Å²) in [5.41, 5.74) is 3.27.